The normalized spacial score (nSPS) is 16.5. The van der Waals surface area contributed by atoms with Crippen LogP contribution in [0.1, 0.15) is 44.4 Å². The van der Waals surface area contributed by atoms with Crippen LogP contribution in [0.4, 0.5) is 0 Å². The monoisotopic (exact) mass is 250 g/mol. The molecular weight excluding hydrogens is 224 g/mol. The third-order valence-corrected chi connectivity index (χ3v) is 3.75. The molecule has 0 atom stereocenters. The molecule has 0 bridgehead atoms. The molecule has 0 spiro atoms. The van der Waals surface area contributed by atoms with Crippen molar-refractivity contribution in [1.82, 2.24) is 10.2 Å². The van der Waals surface area contributed by atoms with Gasteiger partial charge in [-0.3, -0.25) is 4.90 Å². The first-order chi connectivity index (χ1) is 8.65. The predicted octanol–water partition coefficient (Wildman–Crippen LogP) is 3.01. The second-order valence-electron chi connectivity index (χ2n) is 5.90. The number of hydrogen-bond donors (Lipinski definition) is 1. The highest BCUT2D eigenvalue weighted by atomic mass is 16.3. The number of hydrogen-bond acceptors (Lipinski definition) is 3. The summed E-state index contributed by atoms with van der Waals surface area (Å²) in [4.78, 5) is 2.39. The summed E-state index contributed by atoms with van der Waals surface area (Å²) in [6, 6.07) is 2.60. The van der Waals surface area contributed by atoms with Gasteiger partial charge >= 0.3 is 0 Å². The van der Waals surface area contributed by atoms with Crippen molar-refractivity contribution in [2.24, 2.45) is 5.92 Å². The maximum Gasteiger partial charge on any atom is 0.122 e. The Morgan fingerprint density at radius 3 is 2.83 bits per heavy atom. The first-order valence-electron chi connectivity index (χ1n) is 7.12. The smallest absolute Gasteiger partial charge is 0.122 e. The molecule has 1 aliphatic carbocycles. The molecule has 0 aliphatic heterocycles. The molecule has 1 fully saturated rings. The molecule has 0 radical (unpaired) electrons. The molecule has 1 N–H and O–H groups in total. The summed E-state index contributed by atoms with van der Waals surface area (Å²) in [5.41, 5.74) is 1.30. The zero-order chi connectivity index (χ0) is 13.0. The molecule has 102 valence electrons. The predicted molar refractivity (Wildman–Crippen MR) is 74.4 cm³/mol. The van der Waals surface area contributed by atoms with Crippen molar-refractivity contribution >= 4 is 0 Å². The van der Waals surface area contributed by atoms with Crippen LogP contribution in [-0.2, 0) is 13.1 Å². The van der Waals surface area contributed by atoms with Crippen molar-refractivity contribution in [3.8, 4) is 0 Å². The zero-order valence-electron chi connectivity index (χ0n) is 11.9. The van der Waals surface area contributed by atoms with Crippen LogP contribution in [0.25, 0.3) is 0 Å². The maximum atomic E-state index is 5.62. The van der Waals surface area contributed by atoms with E-state index in [0.717, 1.165) is 24.8 Å². The second kappa shape index (κ2) is 6.39. The maximum absolute atomic E-state index is 5.62. The van der Waals surface area contributed by atoms with E-state index in [9.17, 15) is 0 Å². The van der Waals surface area contributed by atoms with Gasteiger partial charge in [0.2, 0.25) is 0 Å². The molecule has 1 saturated carbocycles. The molecule has 1 heterocycles. The molecule has 3 nitrogen and oxygen atoms in total. The lowest BCUT2D eigenvalue weighted by molar-refractivity contribution is 0.190. The van der Waals surface area contributed by atoms with Gasteiger partial charge in [-0.2, -0.15) is 0 Å². The van der Waals surface area contributed by atoms with Gasteiger partial charge in [0, 0.05) is 24.7 Å². The SMILES string of the molecule is CC(C)NCc1ccoc1CN(C)CC1CCC1. The number of rotatable bonds is 7. The van der Waals surface area contributed by atoms with Crippen molar-refractivity contribution in [3.05, 3.63) is 23.7 Å². The van der Waals surface area contributed by atoms with E-state index in [4.69, 9.17) is 4.42 Å². The Morgan fingerprint density at radius 1 is 1.44 bits per heavy atom. The van der Waals surface area contributed by atoms with Gasteiger partial charge in [0.25, 0.3) is 0 Å². The van der Waals surface area contributed by atoms with Gasteiger partial charge in [-0.15, -0.1) is 0 Å². The highest BCUT2D eigenvalue weighted by Crippen LogP contribution is 2.27. The number of nitrogens with zero attached hydrogens (tertiary/aromatic N) is 1. The van der Waals surface area contributed by atoms with Crippen LogP contribution in [0.2, 0.25) is 0 Å². The molecule has 2 rings (SSSR count). The van der Waals surface area contributed by atoms with Gasteiger partial charge < -0.3 is 9.73 Å². The van der Waals surface area contributed by atoms with E-state index in [1.54, 1.807) is 0 Å². The quantitative estimate of drug-likeness (QED) is 0.806. The van der Waals surface area contributed by atoms with Crippen molar-refractivity contribution in [3.63, 3.8) is 0 Å². The molecule has 1 aromatic heterocycles. The summed E-state index contributed by atoms with van der Waals surface area (Å²) in [7, 11) is 2.19. The molecule has 1 aliphatic rings. The number of furan rings is 1. The van der Waals surface area contributed by atoms with E-state index in [1.165, 1.54) is 31.4 Å². The van der Waals surface area contributed by atoms with Gasteiger partial charge in [0.15, 0.2) is 0 Å². The van der Waals surface area contributed by atoms with E-state index in [2.05, 4.69) is 37.2 Å². The summed E-state index contributed by atoms with van der Waals surface area (Å²) in [5.74, 6) is 2.03. The Morgan fingerprint density at radius 2 is 2.22 bits per heavy atom. The van der Waals surface area contributed by atoms with Crippen LogP contribution in [0.15, 0.2) is 16.7 Å². The first kappa shape index (κ1) is 13.6. The Bertz CT molecular complexity index is 355. The van der Waals surface area contributed by atoms with E-state index in [-0.39, 0.29) is 0 Å². The topological polar surface area (TPSA) is 28.4 Å². The average molecular weight is 250 g/mol. The summed E-state index contributed by atoms with van der Waals surface area (Å²) in [5, 5.41) is 3.45. The molecule has 0 aromatic carbocycles. The highest BCUT2D eigenvalue weighted by molar-refractivity contribution is 5.16. The van der Waals surface area contributed by atoms with Gasteiger partial charge in [0.05, 0.1) is 12.8 Å². The van der Waals surface area contributed by atoms with Gasteiger partial charge in [-0.05, 0) is 31.9 Å². The third-order valence-electron chi connectivity index (χ3n) is 3.75. The second-order valence-corrected chi connectivity index (χ2v) is 5.90. The minimum Gasteiger partial charge on any atom is -0.468 e. The molecule has 0 saturated heterocycles. The van der Waals surface area contributed by atoms with Crippen LogP contribution in [0.5, 0.6) is 0 Å². The fraction of sp³-hybridized carbons (Fsp3) is 0.733. The zero-order valence-corrected chi connectivity index (χ0v) is 11.9. The third kappa shape index (κ3) is 3.85. The summed E-state index contributed by atoms with van der Waals surface area (Å²) >= 11 is 0. The van der Waals surface area contributed by atoms with Gasteiger partial charge in [0.1, 0.15) is 5.76 Å². The lowest BCUT2D eigenvalue weighted by Crippen LogP contribution is -2.29. The van der Waals surface area contributed by atoms with E-state index >= 15 is 0 Å². The van der Waals surface area contributed by atoms with E-state index in [0.29, 0.717) is 6.04 Å². The molecular formula is C15H26N2O. The molecule has 0 unspecified atom stereocenters. The molecule has 1 aromatic rings. The standard InChI is InChI=1S/C15H26N2O/c1-12(2)16-9-14-7-8-18-15(14)11-17(3)10-13-5-4-6-13/h7-8,12-13,16H,4-6,9-11H2,1-3H3. The van der Waals surface area contributed by atoms with Gasteiger partial charge in [-0.1, -0.05) is 20.3 Å². The van der Waals surface area contributed by atoms with Crippen molar-refractivity contribution in [1.29, 1.82) is 0 Å². The Labute approximate surface area is 111 Å². The molecule has 0 amide bonds. The minimum atomic E-state index is 0.514. The van der Waals surface area contributed by atoms with Crippen LogP contribution in [-0.4, -0.2) is 24.5 Å². The van der Waals surface area contributed by atoms with Crippen LogP contribution >= 0.6 is 0 Å². The Balaban J connectivity index is 1.82. The van der Waals surface area contributed by atoms with Crippen molar-refractivity contribution in [2.45, 2.75) is 52.2 Å². The van der Waals surface area contributed by atoms with Crippen LogP contribution in [0, 0.1) is 5.92 Å². The van der Waals surface area contributed by atoms with Crippen LogP contribution in [0.3, 0.4) is 0 Å². The van der Waals surface area contributed by atoms with E-state index in [1.807, 2.05) is 6.26 Å². The lowest BCUT2D eigenvalue weighted by Gasteiger charge is -2.29. The van der Waals surface area contributed by atoms with Crippen molar-refractivity contribution < 1.29 is 4.42 Å². The largest absolute Gasteiger partial charge is 0.468 e. The fourth-order valence-corrected chi connectivity index (χ4v) is 2.40. The number of nitrogens with one attached hydrogen (secondary N) is 1. The summed E-state index contributed by atoms with van der Waals surface area (Å²) in [6.45, 7) is 7.38. The minimum absolute atomic E-state index is 0.514. The van der Waals surface area contributed by atoms with Crippen LogP contribution < -0.4 is 5.32 Å². The van der Waals surface area contributed by atoms with E-state index < -0.39 is 0 Å². The molecule has 3 heteroatoms. The Hall–Kier alpha value is -0.800. The fourth-order valence-electron chi connectivity index (χ4n) is 2.40. The van der Waals surface area contributed by atoms with Crippen molar-refractivity contribution in [2.75, 3.05) is 13.6 Å². The highest BCUT2D eigenvalue weighted by Gasteiger charge is 2.20. The summed E-state index contributed by atoms with van der Waals surface area (Å²) < 4.78 is 5.62. The lowest BCUT2D eigenvalue weighted by atomic mass is 9.85. The first-order valence-corrected chi connectivity index (χ1v) is 7.12. The summed E-state index contributed by atoms with van der Waals surface area (Å²) in [6.07, 6.45) is 6.04. The Kier molecular flexibility index (Phi) is 4.84. The molecule has 18 heavy (non-hydrogen) atoms. The average Bonchev–Trinajstić information content (AvgIpc) is 2.68. The van der Waals surface area contributed by atoms with Gasteiger partial charge in [-0.25, -0.2) is 0 Å².